The molecule has 1 aliphatic heterocycles. The second-order valence-corrected chi connectivity index (χ2v) is 5.18. The summed E-state index contributed by atoms with van der Waals surface area (Å²) in [5, 5.41) is 5.72. The lowest BCUT2D eigenvalue weighted by molar-refractivity contribution is 0.174. The van der Waals surface area contributed by atoms with Gasteiger partial charge in [-0.2, -0.15) is 0 Å². The van der Waals surface area contributed by atoms with Crippen LogP contribution in [-0.4, -0.2) is 28.4 Å². The Morgan fingerprint density at radius 1 is 1.41 bits per heavy atom. The highest BCUT2D eigenvalue weighted by atomic mass is 16.7. The van der Waals surface area contributed by atoms with Gasteiger partial charge in [0.05, 0.1) is 6.33 Å². The molecule has 2 amide bonds. The molecule has 2 N–H and O–H groups in total. The summed E-state index contributed by atoms with van der Waals surface area (Å²) in [4.78, 5) is 15.9. The minimum absolute atomic E-state index is 0.00551. The second kappa shape index (κ2) is 6.38. The quantitative estimate of drug-likeness (QED) is 0.877. The second-order valence-electron chi connectivity index (χ2n) is 5.18. The number of imidazole rings is 1. The van der Waals surface area contributed by atoms with Crippen molar-refractivity contribution in [3.05, 3.63) is 42.5 Å². The predicted octanol–water partition coefficient (Wildman–Crippen LogP) is 1.50. The summed E-state index contributed by atoms with van der Waals surface area (Å²) in [6.45, 7) is 3.30. The molecule has 116 valence electrons. The number of fused-ring (bicyclic) bond motifs is 1. The Morgan fingerprint density at radius 2 is 2.27 bits per heavy atom. The summed E-state index contributed by atoms with van der Waals surface area (Å²) in [7, 11) is 0. The molecule has 7 nitrogen and oxygen atoms in total. The van der Waals surface area contributed by atoms with E-state index in [0.29, 0.717) is 18.8 Å². The number of hydrogen-bond acceptors (Lipinski definition) is 4. The van der Waals surface area contributed by atoms with Crippen LogP contribution in [-0.2, 0) is 13.1 Å². The van der Waals surface area contributed by atoms with Crippen molar-refractivity contribution in [2.75, 3.05) is 6.79 Å². The number of amides is 2. The van der Waals surface area contributed by atoms with E-state index in [1.54, 1.807) is 12.5 Å². The summed E-state index contributed by atoms with van der Waals surface area (Å²) in [5.41, 5.74) is 0.960. The largest absolute Gasteiger partial charge is 0.454 e. The molecule has 0 unspecified atom stereocenters. The van der Waals surface area contributed by atoms with Crippen LogP contribution >= 0.6 is 0 Å². The highest BCUT2D eigenvalue weighted by Gasteiger charge is 2.13. The maximum absolute atomic E-state index is 11.9. The fourth-order valence-electron chi connectivity index (χ4n) is 2.26. The molecule has 0 saturated carbocycles. The zero-order valence-corrected chi connectivity index (χ0v) is 12.3. The van der Waals surface area contributed by atoms with Gasteiger partial charge in [-0.3, -0.25) is 0 Å². The molecule has 1 aromatic heterocycles. The summed E-state index contributed by atoms with van der Waals surface area (Å²) in [6, 6.07) is 5.43. The van der Waals surface area contributed by atoms with Crippen molar-refractivity contribution >= 4 is 6.03 Å². The topological polar surface area (TPSA) is 77.4 Å². The molecule has 1 aliphatic rings. The summed E-state index contributed by atoms with van der Waals surface area (Å²) < 4.78 is 12.5. The first-order chi connectivity index (χ1) is 10.7. The predicted molar refractivity (Wildman–Crippen MR) is 79.6 cm³/mol. The third kappa shape index (κ3) is 3.49. The first-order valence-electron chi connectivity index (χ1n) is 7.09. The van der Waals surface area contributed by atoms with Gasteiger partial charge in [-0.1, -0.05) is 6.07 Å². The van der Waals surface area contributed by atoms with Gasteiger partial charge in [0.25, 0.3) is 0 Å². The average Bonchev–Trinajstić information content (AvgIpc) is 3.15. The van der Waals surface area contributed by atoms with Gasteiger partial charge in [0, 0.05) is 31.5 Å². The highest BCUT2D eigenvalue weighted by Crippen LogP contribution is 2.32. The summed E-state index contributed by atoms with van der Waals surface area (Å²) in [5.74, 6) is 1.45. The van der Waals surface area contributed by atoms with Crippen molar-refractivity contribution in [2.24, 2.45) is 0 Å². The van der Waals surface area contributed by atoms with Crippen LogP contribution in [0.4, 0.5) is 4.79 Å². The van der Waals surface area contributed by atoms with Crippen molar-refractivity contribution in [1.82, 2.24) is 20.2 Å². The first kappa shape index (κ1) is 14.2. The Labute approximate surface area is 128 Å². The van der Waals surface area contributed by atoms with E-state index in [-0.39, 0.29) is 18.9 Å². The van der Waals surface area contributed by atoms with Crippen LogP contribution in [0, 0.1) is 0 Å². The maximum atomic E-state index is 11.9. The number of nitrogens with one attached hydrogen (secondary N) is 2. The van der Waals surface area contributed by atoms with Gasteiger partial charge in [0.1, 0.15) is 0 Å². The van der Waals surface area contributed by atoms with E-state index < -0.39 is 0 Å². The molecule has 2 aromatic rings. The van der Waals surface area contributed by atoms with E-state index in [1.165, 1.54) is 0 Å². The molecule has 0 bridgehead atoms. The molecule has 1 atom stereocenters. The number of rotatable bonds is 5. The van der Waals surface area contributed by atoms with Crippen LogP contribution in [0.15, 0.2) is 36.9 Å². The zero-order chi connectivity index (χ0) is 15.4. The van der Waals surface area contributed by atoms with E-state index in [2.05, 4.69) is 15.6 Å². The fraction of sp³-hybridized carbons (Fsp3) is 0.333. The van der Waals surface area contributed by atoms with Crippen molar-refractivity contribution in [3.8, 4) is 11.5 Å². The number of carbonyl (C=O) groups excluding carboxylic acids is 1. The number of aromatic nitrogens is 2. The number of nitrogens with zero attached hydrogens (tertiary/aromatic N) is 2. The maximum Gasteiger partial charge on any atom is 0.315 e. The van der Waals surface area contributed by atoms with Gasteiger partial charge in [-0.25, -0.2) is 9.78 Å². The minimum atomic E-state index is -0.203. The van der Waals surface area contributed by atoms with E-state index in [9.17, 15) is 4.79 Å². The van der Waals surface area contributed by atoms with Crippen molar-refractivity contribution in [1.29, 1.82) is 0 Å². The average molecular weight is 302 g/mol. The normalized spacial score (nSPS) is 13.7. The molecule has 3 rings (SSSR count). The van der Waals surface area contributed by atoms with Gasteiger partial charge >= 0.3 is 6.03 Å². The van der Waals surface area contributed by atoms with Gasteiger partial charge in [0.15, 0.2) is 11.5 Å². The third-order valence-corrected chi connectivity index (χ3v) is 3.31. The van der Waals surface area contributed by atoms with E-state index in [1.807, 2.05) is 35.9 Å². The monoisotopic (exact) mass is 302 g/mol. The Morgan fingerprint density at radius 3 is 3.09 bits per heavy atom. The lowest BCUT2D eigenvalue weighted by atomic mass is 10.2. The fourth-order valence-corrected chi connectivity index (χ4v) is 2.26. The Kier molecular flexibility index (Phi) is 4.13. The molecular formula is C15H18N4O3. The molecule has 0 fully saturated rings. The molecule has 0 aliphatic carbocycles. The molecule has 7 heteroatoms. The highest BCUT2D eigenvalue weighted by molar-refractivity contribution is 5.74. The van der Waals surface area contributed by atoms with Crippen LogP contribution in [0.1, 0.15) is 12.5 Å². The van der Waals surface area contributed by atoms with Crippen LogP contribution in [0.25, 0.3) is 0 Å². The molecule has 1 aromatic carbocycles. The molecule has 2 heterocycles. The lowest BCUT2D eigenvalue weighted by Gasteiger charge is -2.15. The van der Waals surface area contributed by atoms with E-state index in [0.717, 1.165) is 11.3 Å². The zero-order valence-electron chi connectivity index (χ0n) is 12.3. The van der Waals surface area contributed by atoms with Gasteiger partial charge in [-0.05, 0) is 24.6 Å². The van der Waals surface area contributed by atoms with Crippen molar-refractivity contribution in [2.45, 2.75) is 26.1 Å². The Hall–Kier alpha value is -2.70. The van der Waals surface area contributed by atoms with Crippen molar-refractivity contribution < 1.29 is 14.3 Å². The molecule has 0 saturated heterocycles. The Balaban J connectivity index is 1.46. The molecule has 0 radical (unpaired) electrons. The third-order valence-electron chi connectivity index (χ3n) is 3.31. The smallest absolute Gasteiger partial charge is 0.315 e. The van der Waals surface area contributed by atoms with E-state index in [4.69, 9.17) is 9.47 Å². The summed E-state index contributed by atoms with van der Waals surface area (Å²) >= 11 is 0. The van der Waals surface area contributed by atoms with E-state index >= 15 is 0 Å². The Bertz CT molecular complexity index is 642. The van der Waals surface area contributed by atoms with Crippen LogP contribution in [0.5, 0.6) is 11.5 Å². The molecule has 22 heavy (non-hydrogen) atoms. The van der Waals surface area contributed by atoms with Crippen molar-refractivity contribution in [3.63, 3.8) is 0 Å². The van der Waals surface area contributed by atoms with Crippen LogP contribution < -0.4 is 20.1 Å². The van der Waals surface area contributed by atoms with Gasteiger partial charge < -0.3 is 24.7 Å². The number of urea groups is 1. The van der Waals surface area contributed by atoms with Gasteiger partial charge in [0.2, 0.25) is 6.79 Å². The first-order valence-corrected chi connectivity index (χ1v) is 7.09. The standard InChI is InChI=1S/C15H18N4O3/c1-11(8-19-5-4-16-9-19)18-15(20)17-7-12-2-3-13-14(6-12)22-10-21-13/h2-6,9,11H,7-8,10H2,1H3,(H2,17,18,20)/t11-/m0/s1. The number of carbonyl (C=O) groups is 1. The van der Waals surface area contributed by atoms with Crippen LogP contribution in [0.3, 0.4) is 0 Å². The molecule has 0 spiro atoms. The van der Waals surface area contributed by atoms with Crippen LogP contribution in [0.2, 0.25) is 0 Å². The lowest BCUT2D eigenvalue weighted by Crippen LogP contribution is -2.42. The SMILES string of the molecule is C[C@@H](Cn1ccnc1)NC(=O)NCc1ccc2c(c1)OCO2. The van der Waals surface area contributed by atoms with Gasteiger partial charge in [-0.15, -0.1) is 0 Å². The summed E-state index contributed by atoms with van der Waals surface area (Å²) in [6.07, 6.45) is 5.30. The molecular weight excluding hydrogens is 284 g/mol. The number of benzene rings is 1. The minimum Gasteiger partial charge on any atom is -0.454 e. The number of ether oxygens (including phenoxy) is 2. The number of hydrogen-bond donors (Lipinski definition) is 2.